The Bertz CT molecular complexity index is 2390. The number of hydrogen-bond acceptors (Lipinski definition) is 11. The monoisotopic (exact) mass is 895 g/mol. The molecule has 4 aliphatic rings. The van der Waals surface area contributed by atoms with Gasteiger partial charge in [-0.15, -0.1) is 11.3 Å². The molecule has 3 fully saturated rings. The van der Waals surface area contributed by atoms with E-state index in [1.54, 1.807) is 25.3 Å². The number of rotatable bonds is 8. The summed E-state index contributed by atoms with van der Waals surface area (Å²) in [4.78, 5) is 72.8. The minimum absolute atomic E-state index is 0.118. The van der Waals surface area contributed by atoms with E-state index in [0.717, 1.165) is 64.2 Å². The number of fused-ring (bicyclic) bond motifs is 7. The molecule has 6 atom stereocenters. The number of benzene rings is 1. The zero-order valence-electron chi connectivity index (χ0n) is 38.8. The maximum atomic E-state index is 14.6. The molecule has 0 spiro atoms. The summed E-state index contributed by atoms with van der Waals surface area (Å²) in [5.41, 5.74) is 9.44. The number of nitrogens with one attached hydrogen (secondary N) is 2. The number of aromatic nitrogens is 3. The van der Waals surface area contributed by atoms with E-state index in [9.17, 15) is 19.2 Å². The average Bonchev–Trinajstić information content (AvgIpc) is 4.06. The van der Waals surface area contributed by atoms with Crippen molar-refractivity contribution < 1.29 is 28.7 Å². The molecule has 3 aromatic heterocycles. The first-order chi connectivity index (χ1) is 30.6. The number of cyclic esters (lactones) is 1. The standard InChI is InChI=1S/C48H65N9O6S/c1-10-55-38-16-15-30-21-33(38)34(43(55)32-13-11-18-49-41(32)29(4)62-9)23-48(5,6)27-63-46(60)35-14-12-19-57(52-35)45(59)36(22-40-50-37(30)26-64-40)51-44(58)42(28(2)3)54(8)47(61)56-20-17-31-24-53(7)25-39(31)56/h11,13,15-16,18,21,26,28-29,31,35-36,39,42,52H,10,12,14,17,19-20,22-25,27H2,1-9H3,(H,51,58)/t29-,31+,35-,36-,39-,42-/m0/s1. The summed E-state index contributed by atoms with van der Waals surface area (Å²) in [6.07, 6.45) is 4.27. The highest BCUT2D eigenvalue weighted by molar-refractivity contribution is 7.10. The quantitative estimate of drug-likeness (QED) is 0.204. The molecule has 4 amide bonds. The number of esters is 1. The first kappa shape index (κ1) is 45.7. The van der Waals surface area contributed by atoms with Crippen molar-refractivity contribution >= 4 is 46.1 Å². The summed E-state index contributed by atoms with van der Waals surface area (Å²) in [5.74, 6) is -1.05. The van der Waals surface area contributed by atoms with Gasteiger partial charge in [-0.1, -0.05) is 33.8 Å². The Morgan fingerprint density at radius 3 is 2.67 bits per heavy atom. The molecule has 4 aliphatic heterocycles. The average molecular weight is 896 g/mol. The number of carbonyl (C=O) groups is 4. The number of ether oxygens (including phenoxy) is 2. The molecule has 0 unspecified atom stereocenters. The molecule has 344 valence electrons. The first-order valence-electron chi connectivity index (χ1n) is 22.9. The highest BCUT2D eigenvalue weighted by Crippen LogP contribution is 2.42. The number of pyridine rings is 1. The SMILES string of the molecule is CCn1c(-c2cccnc2[C@H](C)OC)c2c3cc(ccc31)-c1csc(n1)C[C@H](NC(=O)[C@H](C(C)C)N(C)C(=O)N1CC[C@@H]3CN(C)C[C@@H]31)C(=O)N1CCC[C@H](N1)C(=O)OCC(C)(C)C2. The summed E-state index contributed by atoms with van der Waals surface area (Å²) in [7, 11) is 5.46. The fraction of sp³-hybridized carbons (Fsp3) is 0.583. The Balaban J connectivity index is 1.16. The number of methoxy groups -OCH3 is 1. The number of hydrazine groups is 1. The predicted molar refractivity (Wildman–Crippen MR) is 247 cm³/mol. The van der Waals surface area contributed by atoms with E-state index in [1.807, 2.05) is 37.1 Å². The molecule has 0 radical (unpaired) electrons. The van der Waals surface area contributed by atoms with Crippen LogP contribution in [0.15, 0.2) is 41.9 Å². The van der Waals surface area contributed by atoms with Gasteiger partial charge in [0.2, 0.25) is 5.91 Å². The van der Waals surface area contributed by atoms with Gasteiger partial charge in [-0.25, -0.2) is 15.2 Å². The highest BCUT2D eigenvalue weighted by atomic mass is 32.1. The topological polar surface area (TPSA) is 154 Å². The summed E-state index contributed by atoms with van der Waals surface area (Å²) >= 11 is 1.44. The second-order valence-electron chi connectivity index (χ2n) is 19.4. The molecule has 6 bridgehead atoms. The Labute approximate surface area is 380 Å². The first-order valence-corrected chi connectivity index (χ1v) is 23.8. The summed E-state index contributed by atoms with van der Waals surface area (Å²) in [5, 5.41) is 8.28. The van der Waals surface area contributed by atoms with Crippen molar-refractivity contribution in [1.29, 1.82) is 0 Å². The fourth-order valence-corrected chi connectivity index (χ4v) is 11.3. The number of likely N-dealkylation sites (tertiary alicyclic amines) is 2. The van der Waals surface area contributed by atoms with Crippen molar-refractivity contribution in [2.45, 2.75) is 110 Å². The van der Waals surface area contributed by atoms with Gasteiger partial charge in [-0.3, -0.25) is 24.4 Å². The van der Waals surface area contributed by atoms with Crippen LogP contribution < -0.4 is 10.7 Å². The third-order valence-corrected chi connectivity index (χ3v) is 14.6. The molecule has 8 rings (SSSR count). The van der Waals surface area contributed by atoms with Crippen molar-refractivity contribution in [3.05, 3.63) is 58.2 Å². The Morgan fingerprint density at radius 1 is 1.12 bits per heavy atom. The van der Waals surface area contributed by atoms with Gasteiger partial charge >= 0.3 is 12.0 Å². The minimum atomic E-state index is -1.03. The van der Waals surface area contributed by atoms with Gasteiger partial charge in [-0.05, 0) is 88.2 Å². The molecule has 0 aliphatic carbocycles. The predicted octanol–water partition coefficient (Wildman–Crippen LogP) is 5.91. The lowest BCUT2D eigenvalue weighted by atomic mass is 9.84. The molecule has 2 N–H and O–H groups in total. The van der Waals surface area contributed by atoms with Crippen molar-refractivity contribution in [1.82, 2.24) is 45.0 Å². The lowest BCUT2D eigenvalue weighted by molar-refractivity contribution is -0.155. The maximum Gasteiger partial charge on any atom is 0.324 e. The molecule has 3 saturated heterocycles. The number of aryl methyl sites for hydroxylation is 1. The number of carbonyl (C=O) groups excluding carboxylic acids is 4. The summed E-state index contributed by atoms with van der Waals surface area (Å²) in [6, 6.07) is 7.81. The second-order valence-corrected chi connectivity index (χ2v) is 20.3. The molecule has 0 saturated carbocycles. The fourth-order valence-electron chi connectivity index (χ4n) is 10.5. The molecular weight excluding hydrogens is 831 g/mol. The van der Waals surface area contributed by atoms with Gasteiger partial charge in [0.15, 0.2) is 0 Å². The van der Waals surface area contributed by atoms with Crippen LogP contribution in [0.3, 0.4) is 0 Å². The molecule has 64 heavy (non-hydrogen) atoms. The number of thiazole rings is 1. The van der Waals surface area contributed by atoms with E-state index in [0.29, 0.717) is 49.8 Å². The van der Waals surface area contributed by atoms with Crippen LogP contribution in [0.4, 0.5) is 4.79 Å². The van der Waals surface area contributed by atoms with Crippen LogP contribution >= 0.6 is 11.3 Å². The summed E-state index contributed by atoms with van der Waals surface area (Å²) < 4.78 is 14.3. The van der Waals surface area contributed by atoms with Crippen molar-refractivity contribution in [3.8, 4) is 22.5 Å². The van der Waals surface area contributed by atoms with Crippen molar-refractivity contribution in [3.63, 3.8) is 0 Å². The van der Waals surface area contributed by atoms with Crippen LogP contribution in [0.2, 0.25) is 0 Å². The smallest absolute Gasteiger partial charge is 0.324 e. The molecule has 15 nitrogen and oxygen atoms in total. The van der Waals surface area contributed by atoms with Crippen LogP contribution in [-0.4, -0.2) is 136 Å². The Morgan fingerprint density at radius 2 is 1.92 bits per heavy atom. The normalized spacial score (nSPS) is 23.8. The summed E-state index contributed by atoms with van der Waals surface area (Å²) in [6.45, 7) is 15.8. The second kappa shape index (κ2) is 18.5. The van der Waals surface area contributed by atoms with Crippen LogP contribution in [0, 0.1) is 17.3 Å². The van der Waals surface area contributed by atoms with Crippen LogP contribution in [0.25, 0.3) is 33.4 Å². The molecular formula is C48H65N9O6S. The van der Waals surface area contributed by atoms with Gasteiger partial charge in [0.1, 0.15) is 18.1 Å². The zero-order chi connectivity index (χ0) is 45.6. The van der Waals surface area contributed by atoms with Crippen molar-refractivity contribution in [2.24, 2.45) is 17.3 Å². The molecule has 16 heteroatoms. The largest absolute Gasteiger partial charge is 0.464 e. The minimum Gasteiger partial charge on any atom is -0.464 e. The Hall–Kier alpha value is -4.90. The van der Waals surface area contributed by atoms with Crippen LogP contribution in [0.1, 0.15) is 83.2 Å². The van der Waals surface area contributed by atoms with Gasteiger partial charge < -0.3 is 34.1 Å². The number of likely N-dealkylation sites (N-methyl/N-ethyl adjacent to an activating group) is 2. The molecule has 4 aromatic rings. The lowest BCUT2D eigenvalue weighted by Gasteiger charge is -2.37. The zero-order valence-corrected chi connectivity index (χ0v) is 39.7. The third kappa shape index (κ3) is 8.90. The van der Waals surface area contributed by atoms with E-state index in [1.165, 1.54) is 16.3 Å². The Kier molecular flexibility index (Phi) is 13.2. The van der Waals surface area contributed by atoms with Crippen LogP contribution in [0.5, 0.6) is 0 Å². The van der Waals surface area contributed by atoms with E-state index < -0.39 is 35.4 Å². The number of amides is 4. The van der Waals surface area contributed by atoms with Crippen LogP contribution in [-0.2, 0) is 43.2 Å². The van der Waals surface area contributed by atoms with E-state index in [-0.39, 0.29) is 43.0 Å². The van der Waals surface area contributed by atoms with Gasteiger partial charge in [0.05, 0.1) is 40.8 Å². The number of urea groups is 1. The van der Waals surface area contributed by atoms with Gasteiger partial charge in [0.25, 0.3) is 5.91 Å². The van der Waals surface area contributed by atoms with Gasteiger partial charge in [-0.2, -0.15) is 0 Å². The van der Waals surface area contributed by atoms with E-state index in [2.05, 4.69) is 72.3 Å². The third-order valence-electron chi connectivity index (χ3n) is 13.7. The van der Waals surface area contributed by atoms with Crippen molar-refractivity contribution in [2.75, 3.05) is 54.0 Å². The number of nitrogens with zero attached hydrogens (tertiary/aromatic N) is 7. The van der Waals surface area contributed by atoms with Gasteiger partial charge in [0, 0.05) is 92.3 Å². The molecule has 7 heterocycles. The molecule has 1 aromatic carbocycles. The maximum absolute atomic E-state index is 14.6. The lowest BCUT2D eigenvalue weighted by Crippen LogP contribution is -2.62. The number of hydrogen-bond donors (Lipinski definition) is 2. The van der Waals surface area contributed by atoms with E-state index >= 15 is 0 Å². The highest BCUT2D eigenvalue weighted by Gasteiger charge is 2.45. The van der Waals surface area contributed by atoms with E-state index in [4.69, 9.17) is 19.4 Å².